The minimum absolute atomic E-state index is 0.0409. The molecule has 0 saturated carbocycles. The molecule has 1 aliphatic rings. The molecule has 2 aromatic rings. The van der Waals surface area contributed by atoms with Crippen molar-refractivity contribution < 1.29 is 9.59 Å². The van der Waals surface area contributed by atoms with Crippen molar-refractivity contribution in [3.8, 4) is 0 Å². The Hall–Kier alpha value is -2.96. The predicted octanol–water partition coefficient (Wildman–Crippen LogP) is 2.14. The van der Waals surface area contributed by atoms with Crippen LogP contribution in [0.4, 0.5) is 11.5 Å². The van der Waals surface area contributed by atoms with Crippen molar-refractivity contribution in [1.29, 1.82) is 0 Å². The number of benzene rings is 1. The molecule has 1 aromatic heterocycles. The van der Waals surface area contributed by atoms with Crippen LogP contribution in [-0.2, 0) is 4.79 Å². The lowest BCUT2D eigenvalue weighted by Gasteiger charge is -2.34. The highest BCUT2D eigenvalue weighted by Crippen LogP contribution is 2.21. The van der Waals surface area contributed by atoms with Gasteiger partial charge in [-0.15, -0.1) is 0 Å². The van der Waals surface area contributed by atoms with E-state index >= 15 is 0 Å². The molecule has 7 heteroatoms. The highest BCUT2D eigenvalue weighted by atomic mass is 16.2. The van der Waals surface area contributed by atoms with Crippen LogP contribution in [0.3, 0.4) is 0 Å². The second-order valence-corrected chi connectivity index (χ2v) is 6.53. The molecular weight excluding hydrogens is 330 g/mol. The molecule has 3 rings (SSSR count). The minimum atomic E-state index is -0.139. The quantitative estimate of drug-likeness (QED) is 0.915. The molecule has 26 heavy (non-hydrogen) atoms. The Morgan fingerprint density at radius 2 is 1.69 bits per heavy atom. The third-order valence-corrected chi connectivity index (χ3v) is 4.55. The van der Waals surface area contributed by atoms with Crippen molar-refractivity contribution in [2.24, 2.45) is 0 Å². The van der Waals surface area contributed by atoms with Crippen molar-refractivity contribution in [1.82, 2.24) is 19.8 Å². The first-order chi connectivity index (χ1) is 12.4. The number of aryl methyl sites for hydroxylation is 2. The third-order valence-electron chi connectivity index (χ3n) is 4.55. The fourth-order valence-corrected chi connectivity index (χ4v) is 2.94. The molecule has 0 spiro atoms. The zero-order valence-electron chi connectivity index (χ0n) is 15.3. The summed E-state index contributed by atoms with van der Waals surface area (Å²) < 4.78 is 0. The molecule has 0 aliphatic carbocycles. The Labute approximate surface area is 153 Å². The van der Waals surface area contributed by atoms with Gasteiger partial charge >= 0.3 is 0 Å². The molecule has 1 aromatic carbocycles. The van der Waals surface area contributed by atoms with Crippen LogP contribution in [0.25, 0.3) is 0 Å². The maximum atomic E-state index is 12.7. The van der Waals surface area contributed by atoms with Crippen molar-refractivity contribution in [3.05, 3.63) is 47.4 Å². The fourth-order valence-electron chi connectivity index (χ4n) is 2.94. The zero-order valence-corrected chi connectivity index (χ0v) is 15.3. The van der Waals surface area contributed by atoms with E-state index in [-0.39, 0.29) is 11.8 Å². The summed E-state index contributed by atoms with van der Waals surface area (Å²) in [5.74, 6) is 0.484. The Balaban J connectivity index is 1.72. The summed E-state index contributed by atoms with van der Waals surface area (Å²) in [6.45, 7) is 7.74. The van der Waals surface area contributed by atoms with Gasteiger partial charge in [0.1, 0.15) is 17.8 Å². The summed E-state index contributed by atoms with van der Waals surface area (Å²) in [6.07, 6.45) is 1.40. The molecule has 0 bridgehead atoms. The van der Waals surface area contributed by atoms with Gasteiger partial charge in [0.25, 0.3) is 5.91 Å². The van der Waals surface area contributed by atoms with E-state index in [9.17, 15) is 9.59 Å². The van der Waals surface area contributed by atoms with Gasteiger partial charge in [-0.25, -0.2) is 9.97 Å². The molecule has 1 saturated heterocycles. The molecule has 1 N–H and O–H groups in total. The third kappa shape index (κ3) is 3.99. The van der Waals surface area contributed by atoms with Gasteiger partial charge in [-0.3, -0.25) is 9.59 Å². The largest absolute Gasteiger partial charge is 0.340 e. The first-order valence-electron chi connectivity index (χ1n) is 8.65. The van der Waals surface area contributed by atoms with Crippen molar-refractivity contribution in [3.63, 3.8) is 0 Å². The van der Waals surface area contributed by atoms with Gasteiger partial charge < -0.3 is 15.1 Å². The molecule has 2 heterocycles. The van der Waals surface area contributed by atoms with Crippen LogP contribution in [0.15, 0.2) is 30.6 Å². The van der Waals surface area contributed by atoms with Crippen LogP contribution >= 0.6 is 0 Å². The Kier molecular flexibility index (Phi) is 5.16. The highest BCUT2D eigenvalue weighted by molar-refractivity contribution is 5.93. The summed E-state index contributed by atoms with van der Waals surface area (Å²) in [6, 6.07) is 7.80. The normalized spacial score (nSPS) is 14.3. The highest BCUT2D eigenvalue weighted by Gasteiger charge is 2.24. The Morgan fingerprint density at radius 1 is 1.00 bits per heavy atom. The van der Waals surface area contributed by atoms with Crippen LogP contribution < -0.4 is 5.32 Å². The molecule has 7 nitrogen and oxygen atoms in total. The first kappa shape index (κ1) is 17.8. The lowest BCUT2D eigenvalue weighted by molar-refractivity contribution is -0.130. The maximum absolute atomic E-state index is 12.7. The molecule has 0 unspecified atom stereocenters. The number of hydrogen-bond donors (Lipinski definition) is 1. The number of amides is 2. The monoisotopic (exact) mass is 353 g/mol. The molecule has 136 valence electrons. The molecule has 0 radical (unpaired) electrons. The number of aromatic nitrogens is 2. The fraction of sp³-hybridized carbons (Fsp3) is 0.368. The van der Waals surface area contributed by atoms with Crippen LogP contribution in [0, 0.1) is 13.8 Å². The van der Waals surface area contributed by atoms with E-state index in [0.717, 1.165) is 16.8 Å². The van der Waals surface area contributed by atoms with E-state index in [1.165, 1.54) is 6.33 Å². The zero-order chi connectivity index (χ0) is 18.7. The number of nitrogens with one attached hydrogen (secondary N) is 1. The summed E-state index contributed by atoms with van der Waals surface area (Å²) >= 11 is 0. The second kappa shape index (κ2) is 7.51. The number of rotatable bonds is 3. The van der Waals surface area contributed by atoms with E-state index in [0.29, 0.717) is 37.7 Å². The van der Waals surface area contributed by atoms with E-state index < -0.39 is 0 Å². The second-order valence-electron chi connectivity index (χ2n) is 6.53. The van der Waals surface area contributed by atoms with E-state index in [1.807, 2.05) is 26.0 Å². The number of hydrogen-bond acceptors (Lipinski definition) is 5. The van der Waals surface area contributed by atoms with Crippen LogP contribution in [0.5, 0.6) is 0 Å². The number of anilines is 2. The summed E-state index contributed by atoms with van der Waals surface area (Å²) in [7, 11) is 0. The van der Waals surface area contributed by atoms with Gasteiger partial charge in [-0.2, -0.15) is 0 Å². The van der Waals surface area contributed by atoms with Gasteiger partial charge in [-0.1, -0.05) is 12.1 Å². The van der Waals surface area contributed by atoms with Crippen LogP contribution in [0.2, 0.25) is 0 Å². The lowest BCUT2D eigenvalue weighted by atomic mass is 10.1. The Morgan fingerprint density at radius 3 is 2.38 bits per heavy atom. The van der Waals surface area contributed by atoms with E-state index in [2.05, 4.69) is 21.4 Å². The molecule has 1 aliphatic heterocycles. The summed E-state index contributed by atoms with van der Waals surface area (Å²) in [5.41, 5.74) is 3.55. The molecule has 0 atom stereocenters. The van der Waals surface area contributed by atoms with E-state index in [1.54, 1.807) is 22.8 Å². The van der Waals surface area contributed by atoms with Crippen molar-refractivity contribution in [2.45, 2.75) is 20.8 Å². The summed E-state index contributed by atoms with van der Waals surface area (Å²) in [4.78, 5) is 35.9. The van der Waals surface area contributed by atoms with Gasteiger partial charge in [0.15, 0.2) is 0 Å². The smallest absolute Gasteiger partial charge is 0.272 e. The van der Waals surface area contributed by atoms with Crippen LogP contribution in [0.1, 0.15) is 28.5 Å². The van der Waals surface area contributed by atoms with E-state index in [4.69, 9.17) is 0 Å². The number of piperazine rings is 1. The summed E-state index contributed by atoms with van der Waals surface area (Å²) in [5, 5.41) is 3.26. The maximum Gasteiger partial charge on any atom is 0.272 e. The number of carbonyl (C=O) groups excluding carboxylic acids is 2. The van der Waals surface area contributed by atoms with Gasteiger partial charge in [-0.05, 0) is 31.0 Å². The minimum Gasteiger partial charge on any atom is -0.340 e. The SMILES string of the molecule is CC(=O)N1CCN(C(=O)c2cc(Nc3cc(C)ccc3C)ncn2)CC1. The average Bonchev–Trinajstić information content (AvgIpc) is 2.64. The predicted molar refractivity (Wildman–Crippen MR) is 99.4 cm³/mol. The lowest BCUT2D eigenvalue weighted by Crippen LogP contribution is -2.50. The topological polar surface area (TPSA) is 78.4 Å². The van der Waals surface area contributed by atoms with Gasteiger partial charge in [0.05, 0.1) is 0 Å². The van der Waals surface area contributed by atoms with Gasteiger partial charge in [0, 0.05) is 44.9 Å². The standard InChI is InChI=1S/C19H23N5O2/c1-13-4-5-14(2)16(10-13)22-18-11-17(20-12-21-18)19(26)24-8-6-23(7-9-24)15(3)25/h4-5,10-12H,6-9H2,1-3H3,(H,20,21,22). The van der Waals surface area contributed by atoms with Crippen molar-refractivity contribution in [2.75, 3.05) is 31.5 Å². The molecular formula is C19H23N5O2. The molecule has 1 fully saturated rings. The Bertz CT molecular complexity index is 828. The number of carbonyl (C=O) groups is 2. The number of nitrogens with zero attached hydrogens (tertiary/aromatic N) is 4. The van der Waals surface area contributed by atoms with Crippen LogP contribution in [-0.4, -0.2) is 57.8 Å². The average molecular weight is 353 g/mol. The first-order valence-corrected chi connectivity index (χ1v) is 8.65. The molecule has 2 amide bonds. The van der Waals surface area contributed by atoms with Crippen molar-refractivity contribution >= 4 is 23.3 Å². The van der Waals surface area contributed by atoms with Gasteiger partial charge in [0.2, 0.25) is 5.91 Å².